The molecule has 0 aliphatic carbocycles. The Morgan fingerprint density at radius 1 is 1.18 bits per heavy atom. The Morgan fingerprint density at radius 3 is 2.82 bits per heavy atom. The van der Waals surface area contributed by atoms with Gasteiger partial charge in [0.2, 0.25) is 0 Å². The van der Waals surface area contributed by atoms with Crippen LogP contribution in [-0.4, -0.2) is 26.3 Å². The van der Waals surface area contributed by atoms with E-state index >= 15 is 0 Å². The first-order valence-electron chi connectivity index (χ1n) is 8.78. The lowest BCUT2D eigenvalue weighted by atomic mass is 10.2. The lowest BCUT2D eigenvalue weighted by molar-refractivity contribution is 0.629. The Labute approximate surface area is 165 Å². The molecule has 0 fully saturated rings. The fraction of sp³-hybridized carbons (Fsp3) is 0.150. The van der Waals surface area contributed by atoms with Gasteiger partial charge in [0, 0.05) is 13.0 Å². The van der Waals surface area contributed by atoms with Crippen LogP contribution in [0.1, 0.15) is 11.4 Å². The van der Waals surface area contributed by atoms with Crippen molar-refractivity contribution in [2.45, 2.75) is 13.0 Å². The van der Waals surface area contributed by atoms with Crippen molar-refractivity contribution in [3.63, 3.8) is 0 Å². The monoisotopic (exact) mass is 397 g/mol. The summed E-state index contributed by atoms with van der Waals surface area (Å²) < 4.78 is 14.6. The van der Waals surface area contributed by atoms with Crippen molar-refractivity contribution >= 4 is 28.3 Å². The summed E-state index contributed by atoms with van der Waals surface area (Å²) in [6.45, 7) is 0.848. The van der Waals surface area contributed by atoms with Gasteiger partial charge in [-0.25, -0.2) is 14.1 Å². The fourth-order valence-electron chi connectivity index (χ4n) is 2.93. The van der Waals surface area contributed by atoms with Gasteiger partial charge >= 0.3 is 0 Å². The number of nitrogens with zero attached hydrogens (tertiary/aromatic N) is 3. The van der Waals surface area contributed by atoms with Crippen molar-refractivity contribution < 1.29 is 4.39 Å². The molecule has 0 saturated carbocycles. The van der Waals surface area contributed by atoms with Crippen molar-refractivity contribution in [2.75, 3.05) is 11.9 Å². The van der Waals surface area contributed by atoms with E-state index in [4.69, 9.17) is 11.6 Å². The number of aromatic nitrogens is 4. The lowest BCUT2D eigenvalue weighted by Crippen LogP contribution is -2.25. The number of aromatic amines is 1. The molecular formula is C20H17ClFN5O. The van der Waals surface area contributed by atoms with Gasteiger partial charge < -0.3 is 10.3 Å². The second-order valence-corrected chi connectivity index (χ2v) is 6.72. The van der Waals surface area contributed by atoms with Crippen LogP contribution in [-0.2, 0) is 13.0 Å². The first-order chi connectivity index (χ1) is 13.6. The van der Waals surface area contributed by atoms with Gasteiger partial charge in [-0.05, 0) is 23.8 Å². The van der Waals surface area contributed by atoms with Gasteiger partial charge in [-0.2, -0.15) is 5.10 Å². The van der Waals surface area contributed by atoms with E-state index in [0.717, 1.165) is 11.4 Å². The van der Waals surface area contributed by atoms with Crippen molar-refractivity contribution in [1.29, 1.82) is 0 Å². The van der Waals surface area contributed by atoms with E-state index in [2.05, 4.69) is 20.4 Å². The van der Waals surface area contributed by atoms with E-state index in [1.165, 1.54) is 16.8 Å². The zero-order valence-electron chi connectivity index (χ0n) is 14.8. The summed E-state index contributed by atoms with van der Waals surface area (Å²) in [5.74, 6) is 0.407. The molecule has 142 valence electrons. The summed E-state index contributed by atoms with van der Waals surface area (Å²) in [5.41, 5.74) is 2.45. The quantitative estimate of drug-likeness (QED) is 0.521. The van der Waals surface area contributed by atoms with Gasteiger partial charge in [0.25, 0.3) is 5.56 Å². The zero-order valence-corrected chi connectivity index (χ0v) is 15.6. The van der Waals surface area contributed by atoms with Crippen molar-refractivity contribution in [3.8, 4) is 0 Å². The molecule has 0 atom stereocenters. The summed E-state index contributed by atoms with van der Waals surface area (Å²) in [6, 6.07) is 14.0. The van der Waals surface area contributed by atoms with Gasteiger partial charge in [0.15, 0.2) is 0 Å². The molecule has 6 nitrogen and oxygen atoms in total. The maximum Gasteiger partial charge on any atom is 0.287 e. The van der Waals surface area contributed by atoms with Gasteiger partial charge in [-0.15, -0.1) is 0 Å². The molecule has 2 aromatic heterocycles. The number of benzene rings is 2. The van der Waals surface area contributed by atoms with E-state index in [0.29, 0.717) is 36.2 Å². The van der Waals surface area contributed by atoms with E-state index in [1.54, 1.807) is 12.3 Å². The van der Waals surface area contributed by atoms with E-state index < -0.39 is 0 Å². The van der Waals surface area contributed by atoms with Crippen molar-refractivity contribution in [2.24, 2.45) is 0 Å². The maximum atomic E-state index is 13.3. The van der Waals surface area contributed by atoms with Crippen LogP contribution in [0.2, 0.25) is 5.02 Å². The molecule has 2 heterocycles. The van der Waals surface area contributed by atoms with Gasteiger partial charge in [-0.1, -0.05) is 41.9 Å². The number of imidazole rings is 1. The molecular weight excluding hydrogens is 381 g/mol. The minimum Gasteiger partial charge on any atom is -0.382 e. The van der Waals surface area contributed by atoms with Gasteiger partial charge in [0.05, 0.1) is 29.5 Å². The van der Waals surface area contributed by atoms with Gasteiger partial charge in [-0.3, -0.25) is 4.79 Å². The predicted octanol–water partition coefficient (Wildman–Crippen LogP) is 3.62. The molecule has 8 heteroatoms. The average Bonchev–Trinajstić information content (AvgIpc) is 3.10. The molecule has 28 heavy (non-hydrogen) atoms. The molecule has 0 aliphatic rings. The topological polar surface area (TPSA) is 75.6 Å². The minimum atomic E-state index is -0.352. The number of halogens is 2. The second kappa shape index (κ2) is 7.82. The summed E-state index contributed by atoms with van der Waals surface area (Å²) in [6.07, 6.45) is 2.10. The zero-order chi connectivity index (χ0) is 19.5. The lowest BCUT2D eigenvalue weighted by Gasteiger charge is -2.10. The fourth-order valence-corrected chi connectivity index (χ4v) is 3.14. The van der Waals surface area contributed by atoms with Crippen molar-refractivity contribution in [3.05, 3.63) is 87.3 Å². The predicted molar refractivity (Wildman–Crippen MR) is 107 cm³/mol. The third-order valence-electron chi connectivity index (χ3n) is 4.33. The molecule has 0 amide bonds. The number of hydrogen-bond donors (Lipinski definition) is 2. The highest BCUT2D eigenvalue weighted by atomic mass is 35.5. The summed E-state index contributed by atoms with van der Waals surface area (Å²) >= 11 is 6.23. The number of H-pyrrole nitrogens is 1. The third kappa shape index (κ3) is 3.89. The number of fused-ring (bicyclic) bond motifs is 1. The first kappa shape index (κ1) is 18.2. The first-order valence-corrected chi connectivity index (χ1v) is 9.15. The number of nitrogens with one attached hydrogen (secondary N) is 2. The number of anilines is 1. The van der Waals surface area contributed by atoms with E-state index in [1.807, 2.05) is 30.3 Å². The smallest absolute Gasteiger partial charge is 0.287 e. The largest absolute Gasteiger partial charge is 0.382 e. The Kier molecular flexibility index (Phi) is 5.08. The third-order valence-corrected chi connectivity index (χ3v) is 4.70. The van der Waals surface area contributed by atoms with E-state index in [9.17, 15) is 9.18 Å². The molecule has 4 rings (SSSR count). The summed E-state index contributed by atoms with van der Waals surface area (Å²) in [4.78, 5) is 19.9. The molecule has 0 saturated heterocycles. The molecule has 0 spiro atoms. The molecule has 0 bridgehead atoms. The van der Waals surface area contributed by atoms with Crippen LogP contribution in [0.3, 0.4) is 0 Å². The molecule has 2 N–H and O–H groups in total. The van der Waals surface area contributed by atoms with Crippen LogP contribution >= 0.6 is 11.6 Å². The van der Waals surface area contributed by atoms with Crippen LogP contribution in [0.4, 0.5) is 10.1 Å². The van der Waals surface area contributed by atoms with Crippen LogP contribution in [0.25, 0.3) is 11.0 Å². The minimum absolute atomic E-state index is 0.0950. The van der Waals surface area contributed by atoms with Crippen molar-refractivity contribution in [1.82, 2.24) is 19.7 Å². The molecule has 0 radical (unpaired) electrons. The SMILES string of the molecule is O=c1c(Cl)c(NCCc2nc3ccc(F)cc3[nH]2)cnn1Cc1ccccc1. The molecule has 0 unspecified atom stereocenters. The molecule has 0 aliphatic heterocycles. The number of rotatable bonds is 6. The second-order valence-electron chi connectivity index (χ2n) is 6.34. The normalized spacial score (nSPS) is 11.1. The summed E-state index contributed by atoms with van der Waals surface area (Å²) in [5, 5.41) is 7.40. The van der Waals surface area contributed by atoms with Gasteiger partial charge in [0.1, 0.15) is 16.7 Å². The van der Waals surface area contributed by atoms with Crippen LogP contribution in [0.15, 0.2) is 59.5 Å². The summed E-state index contributed by atoms with van der Waals surface area (Å²) in [7, 11) is 0. The highest BCUT2D eigenvalue weighted by Gasteiger charge is 2.10. The molecule has 2 aromatic carbocycles. The van der Waals surface area contributed by atoms with Crippen LogP contribution < -0.4 is 10.9 Å². The molecule has 4 aromatic rings. The highest BCUT2D eigenvalue weighted by molar-refractivity contribution is 6.32. The highest BCUT2D eigenvalue weighted by Crippen LogP contribution is 2.16. The Bertz CT molecular complexity index is 1170. The van der Waals surface area contributed by atoms with E-state index in [-0.39, 0.29) is 16.4 Å². The Morgan fingerprint density at radius 2 is 2.00 bits per heavy atom. The van der Waals surface area contributed by atoms with Crippen LogP contribution in [0.5, 0.6) is 0 Å². The number of hydrogen-bond acceptors (Lipinski definition) is 4. The van der Waals surface area contributed by atoms with Crippen LogP contribution in [0, 0.1) is 5.82 Å². The standard InChI is InChI=1S/C20H17ClFN5O/c21-19-17(11-24-27(20(19)28)12-13-4-2-1-3-5-13)23-9-8-18-25-15-7-6-14(22)10-16(15)26-18/h1-7,10-11,23H,8-9,12H2,(H,25,26). The average molecular weight is 398 g/mol. The maximum absolute atomic E-state index is 13.3. The Hall–Kier alpha value is -3.19. The Balaban J connectivity index is 1.43.